The van der Waals surface area contributed by atoms with Crippen molar-refractivity contribution in [1.29, 1.82) is 0 Å². The molecule has 1 aromatic rings. The van der Waals surface area contributed by atoms with Crippen LogP contribution in [0, 0.1) is 6.92 Å². The van der Waals surface area contributed by atoms with Crippen molar-refractivity contribution in [2.45, 2.75) is 33.2 Å². The van der Waals surface area contributed by atoms with Gasteiger partial charge in [0, 0.05) is 25.8 Å². The van der Waals surface area contributed by atoms with E-state index in [-0.39, 0.29) is 0 Å². The standard InChI is InChI=1S/C12H22N4O/c1-5-9(2)14-12-8-11(13-6-7-17-4)15-10(3)16-12/h8-9H,5-7H2,1-4H3,(H2,13,14,15,16). The average Bonchev–Trinajstić information content (AvgIpc) is 2.28. The quantitative estimate of drug-likeness (QED) is 0.712. The normalized spacial score (nSPS) is 12.2. The van der Waals surface area contributed by atoms with Gasteiger partial charge in [-0.1, -0.05) is 6.92 Å². The molecule has 0 bridgehead atoms. The average molecular weight is 238 g/mol. The Labute approximate surface area is 103 Å². The first-order chi connectivity index (χ1) is 8.15. The third-order valence-electron chi connectivity index (χ3n) is 2.46. The van der Waals surface area contributed by atoms with E-state index in [2.05, 4.69) is 34.4 Å². The predicted molar refractivity (Wildman–Crippen MR) is 70.5 cm³/mol. The molecule has 1 aromatic heterocycles. The smallest absolute Gasteiger partial charge is 0.132 e. The third-order valence-corrected chi connectivity index (χ3v) is 2.46. The number of aryl methyl sites for hydroxylation is 1. The van der Waals surface area contributed by atoms with Crippen molar-refractivity contribution in [2.75, 3.05) is 30.9 Å². The summed E-state index contributed by atoms with van der Waals surface area (Å²) in [6.45, 7) is 7.58. The van der Waals surface area contributed by atoms with Crippen molar-refractivity contribution in [2.24, 2.45) is 0 Å². The summed E-state index contributed by atoms with van der Waals surface area (Å²) in [7, 11) is 1.68. The zero-order valence-corrected chi connectivity index (χ0v) is 11.1. The number of hydrogen-bond acceptors (Lipinski definition) is 5. The highest BCUT2D eigenvalue weighted by molar-refractivity contribution is 5.47. The van der Waals surface area contributed by atoms with E-state index in [1.807, 2.05) is 13.0 Å². The van der Waals surface area contributed by atoms with Crippen LogP contribution < -0.4 is 10.6 Å². The van der Waals surface area contributed by atoms with Gasteiger partial charge in [-0.15, -0.1) is 0 Å². The lowest BCUT2D eigenvalue weighted by molar-refractivity contribution is 0.210. The highest BCUT2D eigenvalue weighted by Crippen LogP contribution is 2.12. The number of ether oxygens (including phenoxy) is 1. The van der Waals surface area contributed by atoms with Crippen molar-refractivity contribution in [3.63, 3.8) is 0 Å². The second-order valence-corrected chi connectivity index (χ2v) is 4.06. The zero-order chi connectivity index (χ0) is 12.7. The van der Waals surface area contributed by atoms with Crippen LogP contribution in [0.3, 0.4) is 0 Å². The van der Waals surface area contributed by atoms with Gasteiger partial charge in [0.05, 0.1) is 6.61 Å². The molecule has 0 radical (unpaired) electrons. The maximum atomic E-state index is 4.98. The Balaban J connectivity index is 2.65. The first kappa shape index (κ1) is 13.7. The molecule has 0 aliphatic rings. The monoisotopic (exact) mass is 238 g/mol. The summed E-state index contributed by atoms with van der Waals surface area (Å²) in [4.78, 5) is 8.68. The zero-order valence-electron chi connectivity index (χ0n) is 11.1. The van der Waals surface area contributed by atoms with Gasteiger partial charge in [-0.05, 0) is 20.3 Å². The van der Waals surface area contributed by atoms with E-state index in [4.69, 9.17) is 4.74 Å². The van der Waals surface area contributed by atoms with Gasteiger partial charge in [-0.2, -0.15) is 0 Å². The van der Waals surface area contributed by atoms with Gasteiger partial charge in [0.25, 0.3) is 0 Å². The molecule has 0 saturated heterocycles. The van der Waals surface area contributed by atoms with Crippen molar-refractivity contribution >= 4 is 11.6 Å². The molecule has 1 atom stereocenters. The van der Waals surface area contributed by atoms with Gasteiger partial charge in [-0.25, -0.2) is 9.97 Å². The van der Waals surface area contributed by atoms with Crippen molar-refractivity contribution in [3.8, 4) is 0 Å². The van der Waals surface area contributed by atoms with Crippen LogP contribution in [0.1, 0.15) is 26.1 Å². The Bertz CT molecular complexity index is 343. The molecule has 0 aromatic carbocycles. The molecule has 0 saturated carbocycles. The summed E-state index contributed by atoms with van der Waals surface area (Å²) in [6, 6.07) is 2.34. The van der Waals surface area contributed by atoms with Crippen molar-refractivity contribution in [1.82, 2.24) is 9.97 Å². The van der Waals surface area contributed by atoms with Gasteiger partial charge in [-0.3, -0.25) is 0 Å². The molecule has 0 aliphatic carbocycles. The molecule has 2 N–H and O–H groups in total. The minimum absolute atomic E-state index is 0.413. The summed E-state index contributed by atoms with van der Waals surface area (Å²) in [5.74, 6) is 2.46. The second kappa shape index (κ2) is 7.06. The van der Waals surface area contributed by atoms with Crippen LogP contribution in [0.4, 0.5) is 11.6 Å². The summed E-state index contributed by atoms with van der Waals surface area (Å²) in [5.41, 5.74) is 0. The first-order valence-corrected chi connectivity index (χ1v) is 6.00. The van der Waals surface area contributed by atoms with E-state index >= 15 is 0 Å². The fourth-order valence-electron chi connectivity index (χ4n) is 1.37. The maximum Gasteiger partial charge on any atom is 0.132 e. The van der Waals surface area contributed by atoms with Crippen LogP contribution in [0.25, 0.3) is 0 Å². The fourth-order valence-corrected chi connectivity index (χ4v) is 1.37. The summed E-state index contributed by atoms with van der Waals surface area (Å²) in [5, 5.41) is 6.54. The predicted octanol–water partition coefficient (Wildman–Crippen LogP) is 2.05. The molecule has 1 heterocycles. The largest absolute Gasteiger partial charge is 0.383 e. The lowest BCUT2D eigenvalue weighted by Crippen LogP contribution is -2.16. The SMILES string of the molecule is CCC(C)Nc1cc(NCCOC)nc(C)n1. The topological polar surface area (TPSA) is 59.1 Å². The van der Waals surface area contributed by atoms with Crippen LogP contribution in [-0.4, -0.2) is 36.3 Å². The van der Waals surface area contributed by atoms with Crippen LogP contribution in [0.2, 0.25) is 0 Å². The minimum Gasteiger partial charge on any atom is -0.383 e. The van der Waals surface area contributed by atoms with Crippen molar-refractivity contribution in [3.05, 3.63) is 11.9 Å². The van der Waals surface area contributed by atoms with Crippen LogP contribution in [-0.2, 0) is 4.74 Å². The molecule has 0 fully saturated rings. The van der Waals surface area contributed by atoms with E-state index in [1.54, 1.807) is 7.11 Å². The lowest BCUT2D eigenvalue weighted by atomic mass is 10.2. The van der Waals surface area contributed by atoms with E-state index in [1.165, 1.54) is 0 Å². The Morgan fingerprint density at radius 1 is 1.35 bits per heavy atom. The molecule has 96 valence electrons. The lowest BCUT2D eigenvalue weighted by Gasteiger charge is -2.14. The maximum absolute atomic E-state index is 4.98. The Morgan fingerprint density at radius 3 is 2.71 bits per heavy atom. The minimum atomic E-state index is 0.413. The Kier molecular flexibility index (Phi) is 5.69. The molecule has 0 aliphatic heterocycles. The van der Waals surface area contributed by atoms with E-state index in [0.717, 1.165) is 30.4 Å². The third kappa shape index (κ3) is 4.99. The van der Waals surface area contributed by atoms with E-state index < -0.39 is 0 Å². The molecule has 5 heteroatoms. The number of rotatable bonds is 7. The highest BCUT2D eigenvalue weighted by Gasteiger charge is 2.04. The molecule has 0 amide bonds. The number of aromatic nitrogens is 2. The van der Waals surface area contributed by atoms with Crippen LogP contribution >= 0.6 is 0 Å². The molecule has 1 unspecified atom stereocenters. The Hall–Kier alpha value is -1.36. The summed E-state index contributed by atoms with van der Waals surface area (Å²) >= 11 is 0. The van der Waals surface area contributed by atoms with Gasteiger partial charge < -0.3 is 15.4 Å². The van der Waals surface area contributed by atoms with Gasteiger partial charge >= 0.3 is 0 Å². The highest BCUT2D eigenvalue weighted by atomic mass is 16.5. The fraction of sp³-hybridized carbons (Fsp3) is 0.667. The molecular weight excluding hydrogens is 216 g/mol. The molecule has 0 spiro atoms. The van der Waals surface area contributed by atoms with E-state index in [0.29, 0.717) is 12.6 Å². The number of nitrogens with zero attached hydrogens (tertiary/aromatic N) is 2. The molecular formula is C12H22N4O. The second-order valence-electron chi connectivity index (χ2n) is 4.06. The van der Waals surface area contributed by atoms with Crippen LogP contribution in [0.5, 0.6) is 0 Å². The first-order valence-electron chi connectivity index (χ1n) is 6.00. The number of anilines is 2. The number of methoxy groups -OCH3 is 1. The Morgan fingerprint density at radius 2 is 2.06 bits per heavy atom. The van der Waals surface area contributed by atoms with E-state index in [9.17, 15) is 0 Å². The summed E-state index contributed by atoms with van der Waals surface area (Å²) in [6.07, 6.45) is 1.06. The molecule has 5 nitrogen and oxygen atoms in total. The number of hydrogen-bond donors (Lipinski definition) is 2. The van der Waals surface area contributed by atoms with Gasteiger partial charge in [0.1, 0.15) is 17.5 Å². The molecule has 17 heavy (non-hydrogen) atoms. The van der Waals surface area contributed by atoms with Gasteiger partial charge in [0.15, 0.2) is 0 Å². The number of nitrogens with one attached hydrogen (secondary N) is 2. The van der Waals surface area contributed by atoms with Crippen LogP contribution in [0.15, 0.2) is 6.07 Å². The molecule has 1 rings (SSSR count). The summed E-state index contributed by atoms with van der Waals surface area (Å²) < 4.78 is 4.98. The van der Waals surface area contributed by atoms with Gasteiger partial charge in [0.2, 0.25) is 0 Å². The van der Waals surface area contributed by atoms with Crippen molar-refractivity contribution < 1.29 is 4.74 Å².